The van der Waals surface area contributed by atoms with Gasteiger partial charge in [-0.1, -0.05) is 34.5 Å². The molecule has 0 aliphatic carbocycles. The van der Waals surface area contributed by atoms with Crippen LogP contribution in [0.5, 0.6) is 0 Å². The second-order valence-corrected chi connectivity index (χ2v) is 7.30. The minimum absolute atomic E-state index is 0.0740. The predicted octanol–water partition coefficient (Wildman–Crippen LogP) is 4.64. The van der Waals surface area contributed by atoms with Gasteiger partial charge < -0.3 is 9.42 Å². The summed E-state index contributed by atoms with van der Waals surface area (Å²) in [6.45, 7) is 6.79. The van der Waals surface area contributed by atoms with Crippen molar-refractivity contribution < 1.29 is 9.32 Å². The Morgan fingerprint density at radius 3 is 2.41 bits per heavy atom. The summed E-state index contributed by atoms with van der Waals surface area (Å²) < 4.78 is 5.19. The zero-order chi connectivity index (χ0) is 19.0. The van der Waals surface area contributed by atoms with Gasteiger partial charge >= 0.3 is 0 Å². The Labute approximate surface area is 159 Å². The highest BCUT2D eigenvalue weighted by molar-refractivity contribution is 5.95. The second-order valence-electron chi connectivity index (χ2n) is 7.30. The number of likely N-dealkylation sites (tertiary alicyclic amines) is 1. The minimum atomic E-state index is 0.0740. The van der Waals surface area contributed by atoms with Crippen LogP contribution in [0.4, 0.5) is 0 Å². The van der Waals surface area contributed by atoms with Crippen LogP contribution < -0.4 is 0 Å². The van der Waals surface area contributed by atoms with Gasteiger partial charge in [0.2, 0.25) is 0 Å². The van der Waals surface area contributed by atoms with E-state index in [2.05, 4.69) is 42.2 Å². The number of carbonyl (C=O) groups excluding carboxylic acids is 1. The van der Waals surface area contributed by atoms with E-state index in [1.54, 1.807) is 6.92 Å². The van der Waals surface area contributed by atoms with Gasteiger partial charge in [-0.25, -0.2) is 0 Å². The fourth-order valence-electron chi connectivity index (χ4n) is 3.89. The zero-order valence-corrected chi connectivity index (χ0v) is 15.9. The molecule has 1 unspecified atom stereocenters. The Morgan fingerprint density at radius 2 is 1.78 bits per heavy atom. The van der Waals surface area contributed by atoms with Crippen molar-refractivity contribution in [2.45, 2.75) is 39.7 Å². The lowest BCUT2D eigenvalue weighted by molar-refractivity contribution is 0.0735. The summed E-state index contributed by atoms with van der Waals surface area (Å²) in [7, 11) is 0. The number of rotatable bonds is 3. The third-order valence-electron chi connectivity index (χ3n) is 5.05. The molecule has 5 heteroatoms. The molecule has 1 fully saturated rings. The maximum Gasteiger partial charge on any atom is 0.257 e. The van der Waals surface area contributed by atoms with Crippen LogP contribution in [-0.2, 0) is 0 Å². The lowest BCUT2D eigenvalue weighted by Crippen LogP contribution is -2.30. The normalized spacial score (nSPS) is 16.7. The van der Waals surface area contributed by atoms with Gasteiger partial charge in [0.05, 0.1) is 6.04 Å². The molecule has 0 bridgehead atoms. The molecule has 4 rings (SSSR count). The summed E-state index contributed by atoms with van der Waals surface area (Å²) in [4.78, 5) is 19.4. The lowest BCUT2D eigenvalue weighted by atomic mass is 9.99. The average Bonchev–Trinajstić information content (AvgIpc) is 3.29. The summed E-state index contributed by atoms with van der Waals surface area (Å²) in [5, 5.41) is 3.81. The van der Waals surface area contributed by atoms with Gasteiger partial charge in [0.15, 0.2) is 5.82 Å². The van der Waals surface area contributed by atoms with Crippen molar-refractivity contribution >= 4 is 5.91 Å². The van der Waals surface area contributed by atoms with Crippen LogP contribution in [0.25, 0.3) is 11.5 Å². The number of amides is 1. The predicted molar refractivity (Wildman–Crippen MR) is 103 cm³/mol. The summed E-state index contributed by atoms with van der Waals surface area (Å²) in [5.41, 5.74) is 5.22. The fraction of sp³-hybridized carbons (Fsp3) is 0.318. The largest absolute Gasteiger partial charge is 0.334 e. The molecule has 0 radical (unpaired) electrons. The molecule has 2 heterocycles. The Hall–Kier alpha value is -2.95. The molecule has 138 valence electrons. The summed E-state index contributed by atoms with van der Waals surface area (Å²) in [6.07, 6.45) is 2.04. The van der Waals surface area contributed by atoms with Crippen LogP contribution >= 0.6 is 0 Å². The van der Waals surface area contributed by atoms with Crippen molar-refractivity contribution in [3.05, 3.63) is 70.5 Å². The van der Waals surface area contributed by atoms with E-state index >= 15 is 0 Å². The van der Waals surface area contributed by atoms with E-state index in [4.69, 9.17) is 4.52 Å². The first-order chi connectivity index (χ1) is 13.0. The van der Waals surface area contributed by atoms with E-state index in [9.17, 15) is 4.79 Å². The van der Waals surface area contributed by atoms with E-state index < -0.39 is 0 Å². The maximum absolute atomic E-state index is 13.1. The molecule has 3 aromatic rings. The minimum Gasteiger partial charge on any atom is -0.334 e. The smallest absolute Gasteiger partial charge is 0.257 e. The molecule has 27 heavy (non-hydrogen) atoms. The Kier molecular flexibility index (Phi) is 4.52. The van der Waals surface area contributed by atoms with E-state index in [0.717, 1.165) is 24.9 Å². The van der Waals surface area contributed by atoms with Gasteiger partial charge in [0.1, 0.15) is 0 Å². The number of carbonyl (C=O) groups is 1. The van der Waals surface area contributed by atoms with Crippen molar-refractivity contribution in [1.82, 2.24) is 15.0 Å². The van der Waals surface area contributed by atoms with Gasteiger partial charge in [-0.3, -0.25) is 4.79 Å². The summed E-state index contributed by atoms with van der Waals surface area (Å²) in [5.74, 6) is 1.14. The number of nitrogens with zero attached hydrogens (tertiary/aromatic N) is 3. The van der Waals surface area contributed by atoms with Gasteiger partial charge in [-0.2, -0.15) is 4.98 Å². The van der Waals surface area contributed by atoms with E-state index in [1.165, 1.54) is 16.7 Å². The number of aromatic nitrogens is 2. The molecule has 1 aromatic heterocycles. The molecule has 0 N–H and O–H groups in total. The van der Waals surface area contributed by atoms with Gasteiger partial charge in [-0.15, -0.1) is 0 Å². The monoisotopic (exact) mass is 361 g/mol. The Balaban J connectivity index is 1.57. The highest BCUT2D eigenvalue weighted by Gasteiger charge is 2.30. The standard InChI is InChI=1S/C22H23N3O2/c1-14-11-15(2)13-19(12-14)20-5-4-10-25(20)22(26)18-8-6-17(7-9-18)21-23-16(3)24-27-21/h6-9,11-13,20H,4-5,10H2,1-3H3. The zero-order valence-electron chi connectivity index (χ0n) is 15.9. The molecule has 0 saturated carbocycles. The summed E-state index contributed by atoms with van der Waals surface area (Å²) in [6, 6.07) is 14.1. The molecule has 1 amide bonds. The Bertz CT molecular complexity index is 955. The topological polar surface area (TPSA) is 59.2 Å². The summed E-state index contributed by atoms with van der Waals surface area (Å²) >= 11 is 0. The van der Waals surface area contributed by atoms with Crippen molar-refractivity contribution in [2.24, 2.45) is 0 Å². The van der Waals surface area contributed by atoms with Crippen LogP contribution in [0.3, 0.4) is 0 Å². The highest BCUT2D eigenvalue weighted by atomic mass is 16.5. The van der Waals surface area contributed by atoms with Crippen LogP contribution in [0.2, 0.25) is 0 Å². The van der Waals surface area contributed by atoms with Gasteiger partial charge in [-0.05, 0) is 63.4 Å². The van der Waals surface area contributed by atoms with Crippen molar-refractivity contribution in [3.8, 4) is 11.5 Å². The van der Waals surface area contributed by atoms with Crippen molar-refractivity contribution in [1.29, 1.82) is 0 Å². The molecule has 1 saturated heterocycles. The quantitative estimate of drug-likeness (QED) is 0.682. The molecular weight excluding hydrogens is 338 g/mol. The number of benzene rings is 2. The molecule has 2 aromatic carbocycles. The maximum atomic E-state index is 13.1. The first-order valence-electron chi connectivity index (χ1n) is 9.31. The number of aryl methyl sites for hydroxylation is 3. The highest BCUT2D eigenvalue weighted by Crippen LogP contribution is 2.34. The van der Waals surface area contributed by atoms with E-state index in [-0.39, 0.29) is 11.9 Å². The van der Waals surface area contributed by atoms with Crippen LogP contribution in [0.15, 0.2) is 47.0 Å². The lowest BCUT2D eigenvalue weighted by Gasteiger charge is -2.26. The van der Waals surface area contributed by atoms with Crippen LogP contribution in [0, 0.1) is 20.8 Å². The van der Waals surface area contributed by atoms with Crippen molar-refractivity contribution in [3.63, 3.8) is 0 Å². The van der Waals surface area contributed by atoms with Crippen LogP contribution in [-0.4, -0.2) is 27.5 Å². The number of hydrogen-bond acceptors (Lipinski definition) is 4. The molecule has 0 spiro atoms. The first kappa shape index (κ1) is 17.5. The Morgan fingerprint density at radius 1 is 1.07 bits per heavy atom. The third kappa shape index (κ3) is 3.50. The third-order valence-corrected chi connectivity index (χ3v) is 5.05. The van der Waals surface area contributed by atoms with Crippen LogP contribution in [0.1, 0.15) is 51.8 Å². The molecule has 5 nitrogen and oxygen atoms in total. The van der Waals surface area contributed by atoms with E-state index in [0.29, 0.717) is 17.3 Å². The molecule has 1 aliphatic heterocycles. The SMILES string of the molecule is Cc1cc(C)cc(C2CCCN2C(=O)c2ccc(-c3nc(C)no3)cc2)c1. The fourth-order valence-corrected chi connectivity index (χ4v) is 3.89. The molecular formula is C22H23N3O2. The van der Waals surface area contributed by atoms with Crippen molar-refractivity contribution in [2.75, 3.05) is 6.54 Å². The number of hydrogen-bond donors (Lipinski definition) is 0. The second kappa shape index (κ2) is 6.99. The van der Waals surface area contributed by atoms with Gasteiger partial charge in [0, 0.05) is 17.7 Å². The first-order valence-corrected chi connectivity index (χ1v) is 9.31. The molecule has 1 atom stereocenters. The van der Waals surface area contributed by atoms with E-state index in [1.807, 2.05) is 29.2 Å². The average molecular weight is 361 g/mol. The van der Waals surface area contributed by atoms with Gasteiger partial charge in [0.25, 0.3) is 11.8 Å². The molecule has 1 aliphatic rings.